The Hall–Kier alpha value is -1.67. The van der Waals surface area contributed by atoms with Crippen LogP contribution in [0.2, 0.25) is 0 Å². The number of hydrogen-bond donors (Lipinski definition) is 3. The number of sulfonamides is 1. The Morgan fingerprint density at radius 1 is 1.44 bits per heavy atom. The molecule has 0 bridgehead atoms. The van der Waals surface area contributed by atoms with Crippen LogP contribution in [0.3, 0.4) is 0 Å². The average Bonchev–Trinajstić information content (AvgIpc) is 2.26. The lowest BCUT2D eigenvalue weighted by Crippen LogP contribution is -2.31. The maximum atomic E-state index is 11.7. The van der Waals surface area contributed by atoms with E-state index in [0.29, 0.717) is 17.7 Å². The second kappa shape index (κ2) is 5.78. The fourth-order valence-corrected chi connectivity index (χ4v) is 1.72. The molecule has 1 amide bonds. The third-order valence-electron chi connectivity index (χ3n) is 2.19. The monoisotopic (exact) mass is 272 g/mol. The van der Waals surface area contributed by atoms with E-state index in [-0.39, 0.29) is 18.1 Å². The van der Waals surface area contributed by atoms with E-state index >= 15 is 0 Å². The number of aromatic nitrogens is 1. The molecule has 0 saturated carbocycles. The molecule has 0 aliphatic heterocycles. The predicted octanol–water partition coefficient (Wildman–Crippen LogP) is -0.755. The Balaban J connectivity index is 2.69. The number of carbonyl (C=O) groups excluding carboxylic acids is 1. The minimum absolute atomic E-state index is 0.0403. The highest BCUT2D eigenvalue weighted by atomic mass is 32.2. The molecule has 1 aromatic rings. The standard InChI is InChI=1S/C10H16N4O3S/c1-2-8-5-7(6-9(11)14-8)10(15)13-3-4-18(12,16)17/h5-6H,2-4H2,1H3,(H2,11,14)(H,13,15)(H2,12,16,17). The lowest BCUT2D eigenvalue weighted by Gasteiger charge is -2.06. The van der Waals surface area contributed by atoms with Crippen molar-refractivity contribution < 1.29 is 13.2 Å². The van der Waals surface area contributed by atoms with Crippen LogP contribution in [0, 0.1) is 0 Å². The number of nitrogens with zero attached hydrogens (tertiary/aromatic N) is 1. The van der Waals surface area contributed by atoms with Crippen LogP contribution in [0.15, 0.2) is 12.1 Å². The normalized spacial score (nSPS) is 11.2. The van der Waals surface area contributed by atoms with Crippen molar-refractivity contribution in [3.05, 3.63) is 23.4 Å². The van der Waals surface area contributed by atoms with Gasteiger partial charge in [0.05, 0.1) is 5.75 Å². The molecule has 5 N–H and O–H groups in total. The molecule has 0 aliphatic carbocycles. The third-order valence-corrected chi connectivity index (χ3v) is 2.97. The van der Waals surface area contributed by atoms with Gasteiger partial charge in [-0.1, -0.05) is 6.92 Å². The van der Waals surface area contributed by atoms with Crippen LogP contribution in [0.25, 0.3) is 0 Å². The molecular formula is C10H16N4O3S. The number of hydrogen-bond acceptors (Lipinski definition) is 5. The van der Waals surface area contributed by atoms with E-state index in [4.69, 9.17) is 10.9 Å². The maximum absolute atomic E-state index is 11.7. The number of anilines is 1. The van der Waals surface area contributed by atoms with Crippen molar-refractivity contribution in [2.45, 2.75) is 13.3 Å². The van der Waals surface area contributed by atoms with Gasteiger partial charge in [0.25, 0.3) is 5.91 Å². The van der Waals surface area contributed by atoms with Crippen molar-refractivity contribution >= 4 is 21.7 Å². The fraction of sp³-hybridized carbons (Fsp3) is 0.400. The van der Waals surface area contributed by atoms with Crippen LogP contribution < -0.4 is 16.2 Å². The molecule has 0 radical (unpaired) electrons. The van der Waals surface area contributed by atoms with E-state index in [1.165, 1.54) is 6.07 Å². The van der Waals surface area contributed by atoms with Crippen LogP contribution in [0.1, 0.15) is 23.0 Å². The Morgan fingerprint density at radius 3 is 2.67 bits per heavy atom. The molecule has 0 aromatic carbocycles. The SMILES string of the molecule is CCc1cc(C(=O)NCCS(N)(=O)=O)cc(N)n1. The number of nitrogen functional groups attached to an aromatic ring is 1. The van der Waals surface area contributed by atoms with Gasteiger partial charge in [0.15, 0.2) is 0 Å². The third kappa shape index (κ3) is 4.68. The molecule has 0 spiro atoms. The maximum Gasteiger partial charge on any atom is 0.251 e. The summed E-state index contributed by atoms with van der Waals surface area (Å²) in [5, 5.41) is 7.27. The first kappa shape index (κ1) is 14.4. The molecular weight excluding hydrogens is 256 g/mol. The molecule has 0 atom stereocenters. The van der Waals surface area contributed by atoms with Crippen LogP contribution in [0.4, 0.5) is 5.82 Å². The largest absolute Gasteiger partial charge is 0.384 e. The van der Waals surface area contributed by atoms with Crippen LogP contribution in [-0.4, -0.2) is 31.6 Å². The molecule has 1 rings (SSSR count). The average molecular weight is 272 g/mol. The summed E-state index contributed by atoms with van der Waals surface area (Å²) in [6, 6.07) is 3.05. The van der Waals surface area contributed by atoms with Gasteiger partial charge < -0.3 is 11.1 Å². The lowest BCUT2D eigenvalue weighted by atomic mass is 10.2. The van der Waals surface area contributed by atoms with Gasteiger partial charge in [0, 0.05) is 17.8 Å². The van der Waals surface area contributed by atoms with Crippen molar-refractivity contribution in [1.29, 1.82) is 0 Å². The molecule has 0 unspecified atom stereocenters. The number of nitrogens with two attached hydrogens (primary N) is 2. The van der Waals surface area contributed by atoms with Crippen molar-refractivity contribution in [3.8, 4) is 0 Å². The van der Waals surface area contributed by atoms with Gasteiger partial charge in [-0.3, -0.25) is 4.79 Å². The Morgan fingerprint density at radius 2 is 2.11 bits per heavy atom. The van der Waals surface area contributed by atoms with Gasteiger partial charge in [-0.25, -0.2) is 18.5 Å². The van der Waals surface area contributed by atoms with Gasteiger partial charge in [-0.05, 0) is 18.6 Å². The second-order valence-electron chi connectivity index (χ2n) is 3.75. The highest BCUT2D eigenvalue weighted by molar-refractivity contribution is 7.89. The van der Waals surface area contributed by atoms with Crippen LogP contribution >= 0.6 is 0 Å². The highest BCUT2D eigenvalue weighted by Crippen LogP contribution is 2.08. The van der Waals surface area contributed by atoms with Crippen LogP contribution in [-0.2, 0) is 16.4 Å². The van der Waals surface area contributed by atoms with Gasteiger partial charge in [-0.2, -0.15) is 0 Å². The minimum atomic E-state index is -3.57. The summed E-state index contributed by atoms with van der Waals surface area (Å²) in [6.45, 7) is 1.85. The summed E-state index contributed by atoms with van der Waals surface area (Å²) < 4.78 is 21.4. The van der Waals surface area contributed by atoms with Gasteiger partial charge in [0.2, 0.25) is 10.0 Å². The summed E-state index contributed by atoms with van der Waals surface area (Å²) in [6.07, 6.45) is 0.655. The summed E-state index contributed by atoms with van der Waals surface area (Å²) in [4.78, 5) is 15.8. The van der Waals surface area contributed by atoms with E-state index in [1.807, 2.05) is 6.92 Å². The molecule has 0 fully saturated rings. The van der Waals surface area contributed by atoms with E-state index < -0.39 is 15.9 Å². The van der Waals surface area contributed by atoms with Crippen molar-refractivity contribution in [3.63, 3.8) is 0 Å². The highest BCUT2D eigenvalue weighted by Gasteiger charge is 2.09. The second-order valence-corrected chi connectivity index (χ2v) is 5.48. The Bertz CT molecular complexity index is 542. The first-order valence-electron chi connectivity index (χ1n) is 5.37. The Labute approximate surface area is 106 Å². The quantitative estimate of drug-likeness (QED) is 0.649. The zero-order valence-electron chi connectivity index (χ0n) is 10.0. The van der Waals surface area contributed by atoms with Gasteiger partial charge in [0.1, 0.15) is 5.82 Å². The van der Waals surface area contributed by atoms with Crippen molar-refractivity contribution in [2.24, 2.45) is 5.14 Å². The lowest BCUT2D eigenvalue weighted by molar-refractivity contribution is 0.0956. The zero-order chi connectivity index (χ0) is 13.8. The molecule has 7 nitrogen and oxygen atoms in total. The van der Waals surface area contributed by atoms with Gasteiger partial charge >= 0.3 is 0 Å². The summed E-state index contributed by atoms with van der Waals surface area (Å²) in [5.41, 5.74) is 6.62. The molecule has 18 heavy (non-hydrogen) atoms. The number of primary sulfonamides is 1. The molecule has 1 aromatic heterocycles. The van der Waals surface area contributed by atoms with Crippen molar-refractivity contribution in [1.82, 2.24) is 10.3 Å². The topological polar surface area (TPSA) is 128 Å². The van der Waals surface area contributed by atoms with E-state index in [1.54, 1.807) is 6.07 Å². The molecule has 8 heteroatoms. The minimum Gasteiger partial charge on any atom is -0.384 e. The number of amides is 1. The number of nitrogens with one attached hydrogen (secondary N) is 1. The van der Waals surface area contributed by atoms with E-state index in [0.717, 1.165) is 0 Å². The van der Waals surface area contributed by atoms with Crippen LogP contribution in [0.5, 0.6) is 0 Å². The fourth-order valence-electron chi connectivity index (χ4n) is 1.33. The number of rotatable bonds is 5. The molecule has 0 aliphatic rings. The summed E-state index contributed by atoms with van der Waals surface area (Å²) in [7, 11) is -3.57. The van der Waals surface area contributed by atoms with E-state index in [9.17, 15) is 13.2 Å². The summed E-state index contributed by atoms with van der Waals surface area (Å²) in [5.74, 6) is -0.451. The zero-order valence-corrected chi connectivity index (χ0v) is 10.8. The predicted molar refractivity (Wildman–Crippen MR) is 68.3 cm³/mol. The molecule has 1 heterocycles. The van der Waals surface area contributed by atoms with Crippen molar-refractivity contribution in [2.75, 3.05) is 18.0 Å². The summed E-state index contributed by atoms with van der Waals surface area (Å²) >= 11 is 0. The number of aryl methyl sites for hydroxylation is 1. The van der Waals surface area contributed by atoms with Gasteiger partial charge in [-0.15, -0.1) is 0 Å². The first-order chi connectivity index (χ1) is 8.31. The number of pyridine rings is 1. The van der Waals surface area contributed by atoms with E-state index in [2.05, 4.69) is 10.3 Å². The first-order valence-corrected chi connectivity index (χ1v) is 7.08. The number of carbonyl (C=O) groups is 1. The Kier molecular flexibility index (Phi) is 4.62. The molecule has 100 valence electrons. The smallest absolute Gasteiger partial charge is 0.251 e. The molecule has 0 saturated heterocycles.